The average molecular weight is 253 g/mol. The summed E-state index contributed by atoms with van der Waals surface area (Å²) in [7, 11) is 0. The number of rotatable bonds is 3. The van der Waals surface area contributed by atoms with Crippen LogP contribution < -0.4 is 0 Å². The molecule has 0 bridgehead atoms. The van der Waals surface area contributed by atoms with Crippen molar-refractivity contribution in [2.75, 3.05) is 13.1 Å². The second-order valence-electron chi connectivity index (χ2n) is 4.83. The van der Waals surface area contributed by atoms with Crippen molar-refractivity contribution in [3.63, 3.8) is 0 Å². The minimum absolute atomic E-state index is 0.429. The number of halogens is 3. The second kappa shape index (κ2) is 5.25. The first-order chi connectivity index (χ1) is 7.73. The van der Waals surface area contributed by atoms with Crippen LogP contribution in [0.5, 0.6) is 0 Å². The van der Waals surface area contributed by atoms with Gasteiger partial charge in [0.25, 0.3) is 0 Å². The quantitative estimate of drug-likeness (QED) is 0.839. The SMILES string of the molecule is CC1CCN([C@@H](C(=O)O)[C@@H](C)C(F)(F)F)CC1. The maximum absolute atomic E-state index is 12.6. The first-order valence-electron chi connectivity index (χ1n) is 5.77. The highest BCUT2D eigenvalue weighted by molar-refractivity contribution is 5.74. The van der Waals surface area contributed by atoms with E-state index < -0.39 is 24.1 Å². The molecular weight excluding hydrogens is 235 g/mol. The van der Waals surface area contributed by atoms with E-state index >= 15 is 0 Å². The van der Waals surface area contributed by atoms with Crippen LogP contribution in [0.1, 0.15) is 26.7 Å². The largest absolute Gasteiger partial charge is 0.480 e. The Kier molecular flexibility index (Phi) is 4.41. The molecule has 1 aliphatic heterocycles. The molecule has 0 aromatic heterocycles. The molecule has 0 aromatic rings. The minimum Gasteiger partial charge on any atom is -0.480 e. The van der Waals surface area contributed by atoms with E-state index in [-0.39, 0.29) is 0 Å². The molecule has 1 heterocycles. The molecule has 2 atom stereocenters. The van der Waals surface area contributed by atoms with Crippen molar-refractivity contribution in [2.45, 2.75) is 38.9 Å². The molecule has 1 fully saturated rings. The molecule has 6 heteroatoms. The van der Waals surface area contributed by atoms with Crippen LogP contribution in [0.2, 0.25) is 0 Å². The summed E-state index contributed by atoms with van der Waals surface area (Å²) in [6.45, 7) is 3.83. The lowest BCUT2D eigenvalue weighted by atomic mass is 9.93. The summed E-state index contributed by atoms with van der Waals surface area (Å²) in [6, 6.07) is -1.46. The van der Waals surface area contributed by atoms with Gasteiger partial charge in [-0.2, -0.15) is 13.2 Å². The van der Waals surface area contributed by atoms with Crippen molar-refractivity contribution >= 4 is 5.97 Å². The molecule has 0 saturated carbocycles. The van der Waals surface area contributed by atoms with Gasteiger partial charge in [0.15, 0.2) is 0 Å². The maximum Gasteiger partial charge on any atom is 0.393 e. The zero-order valence-corrected chi connectivity index (χ0v) is 10.00. The number of carbonyl (C=O) groups is 1. The van der Waals surface area contributed by atoms with Gasteiger partial charge in [-0.1, -0.05) is 13.8 Å². The van der Waals surface area contributed by atoms with E-state index in [1.165, 1.54) is 4.90 Å². The fraction of sp³-hybridized carbons (Fsp3) is 0.909. The molecule has 0 amide bonds. The number of nitrogens with zero attached hydrogens (tertiary/aromatic N) is 1. The van der Waals surface area contributed by atoms with E-state index in [9.17, 15) is 18.0 Å². The summed E-state index contributed by atoms with van der Waals surface area (Å²) < 4.78 is 37.8. The highest BCUT2D eigenvalue weighted by atomic mass is 19.4. The fourth-order valence-electron chi connectivity index (χ4n) is 2.17. The third-order valence-electron chi connectivity index (χ3n) is 3.45. The van der Waals surface area contributed by atoms with E-state index in [0.717, 1.165) is 19.8 Å². The summed E-state index contributed by atoms with van der Waals surface area (Å²) >= 11 is 0. The van der Waals surface area contributed by atoms with Crippen LogP contribution in [0.25, 0.3) is 0 Å². The first kappa shape index (κ1) is 14.3. The lowest BCUT2D eigenvalue weighted by molar-refractivity contribution is -0.196. The summed E-state index contributed by atoms with van der Waals surface area (Å²) in [5.41, 5.74) is 0. The van der Waals surface area contributed by atoms with Crippen LogP contribution in [-0.4, -0.2) is 41.3 Å². The molecule has 1 N–H and O–H groups in total. The summed E-state index contributed by atoms with van der Waals surface area (Å²) in [5, 5.41) is 8.98. The second-order valence-corrected chi connectivity index (χ2v) is 4.83. The monoisotopic (exact) mass is 253 g/mol. The molecule has 17 heavy (non-hydrogen) atoms. The number of hydrogen-bond donors (Lipinski definition) is 1. The van der Waals surface area contributed by atoms with Gasteiger partial charge in [0.2, 0.25) is 0 Å². The molecule has 1 rings (SSSR count). The Morgan fingerprint density at radius 3 is 2.18 bits per heavy atom. The smallest absolute Gasteiger partial charge is 0.393 e. The van der Waals surface area contributed by atoms with Gasteiger partial charge in [-0.05, 0) is 31.8 Å². The van der Waals surface area contributed by atoms with Gasteiger partial charge in [-0.25, -0.2) is 0 Å². The van der Waals surface area contributed by atoms with Crippen LogP contribution in [-0.2, 0) is 4.79 Å². The topological polar surface area (TPSA) is 40.5 Å². The molecule has 1 saturated heterocycles. The number of aliphatic carboxylic acids is 1. The summed E-state index contributed by atoms with van der Waals surface area (Å²) in [4.78, 5) is 12.5. The van der Waals surface area contributed by atoms with Crippen LogP contribution in [0.15, 0.2) is 0 Å². The Labute approximate surface area is 98.6 Å². The van der Waals surface area contributed by atoms with Gasteiger partial charge >= 0.3 is 12.1 Å². The molecule has 0 unspecified atom stereocenters. The summed E-state index contributed by atoms with van der Waals surface area (Å²) in [6.07, 6.45) is -2.95. The van der Waals surface area contributed by atoms with Gasteiger partial charge in [0.1, 0.15) is 6.04 Å². The van der Waals surface area contributed by atoms with Crippen LogP contribution in [0.4, 0.5) is 13.2 Å². The van der Waals surface area contributed by atoms with Crippen molar-refractivity contribution in [2.24, 2.45) is 11.8 Å². The number of piperidine rings is 1. The van der Waals surface area contributed by atoms with E-state index in [4.69, 9.17) is 5.11 Å². The van der Waals surface area contributed by atoms with Crippen LogP contribution in [0.3, 0.4) is 0 Å². The average Bonchev–Trinajstić information content (AvgIpc) is 2.19. The molecule has 0 aliphatic carbocycles. The predicted octanol–water partition coefficient (Wildman–Crippen LogP) is 2.37. The standard InChI is InChI=1S/C11H18F3NO2/c1-7-3-5-15(6-4-7)9(10(16)17)8(2)11(12,13)14/h7-9H,3-6H2,1-2H3,(H,16,17)/t8-,9-/m1/s1. The van der Waals surface area contributed by atoms with Gasteiger partial charge in [-0.3, -0.25) is 9.69 Å². The Morgan fingerprint density at radius 2 is 1.82 bits per heavy atom. The van der Waals surface area contributed by atoms with Gasteiger partial charge in [0, 0.05) is 0 Å². The molecule has 0 aromatic carbocycles. The minimum atomic E-state index is -4.47. The van der Waals surface area contributed by atoms with Crippen molar-refractivity contribution in [1.82, 2.24) is 4.90 Å². The number of alkyl halides is 3. The Morgan fingerprint density at radius 1 is 1.35 bits per heavy atom. The fourth-order valence-corrected chi connectivity index (χ4v) is 2.17. The number of likely N-dealkylation sites (tertiary alicyclic amines) is 1. The number of hydrogen-bond acceptors (Lipinski definition) is 2. The van der Waals surface area contributed by atoms with E-state index in [0.29, 0.717) is 19.0 Å². The van der Waals surface area contributed by atoms with Crippen molar-refractivity contribution in [3.05, 3.63) is 0 Å². The molecule has 100 valence electrons. The van der Waals surface area contributed by atoms with Gasteiger partial charge in [0.05, 0.1) is 5.92 Å². The maximum atomic E-state index is 12.6. The third-order valence-corrected chi connectivity index (χ3v) is 3.45. The molecule has 0 radical (unpaired) electrons. The van der Waals surface area contributed by atoms with Crippen molar-refractivity contribution < 1.29 is 23.1 Å². The summed E-state index contributed by atoms with van der Waals surface area (Å²) in [5.74, 6) is -2.76. The van der Waals surface area contributed by atoms with Crippen molar-refractivity contribution in [1.29, 1.82) is 0 Å². The lowest BCUT2D eigenvalue weighted by Gasteiger charge is -2.37. The van der Waals surface area contributed by atoms with Gasteiger partial charge < -0.3 is 5.11 Å². The van der Waals surface area contributed by atoms with E-state index in [1.807, 2.05) is 6.92 Å². The highest BCUT2D eigenvalue weighted by Gasteiger charge is 2.47. The number of carboxylic acids is 1. The van der Waals surface area contributed by atoms with Crippen LogP contribution in [0, 0.1) is 11.8 Å². The zero-order valence-electron chi connectivity index (χ0n) is 10.00. The molecule has 0 spiro atoms. The molecule has 1 aliphatic rings. The van der Waals surface area contributed by atoms with E-state index in [2.05, 4.69) is 0 Å². The Bertz CT molecular complexity index is 272. The number of carboxylic acid groups (broad SMARTS) is 1. The van der Waals surface area contributed by atoms with Gasteiger partial charge in [-0.15, -0.1) is 0 Å². The zero-order chi connectivity index (χ0) is 13.2. The normalized spacial score (nSPS) is 23.4. The Balaban J connectivity index is 2.76. The van der Waals surface area contributed by atoms with E-state index in [1.54, 1.807) is 0 Å². The molecular formula is C11H18F3NO2. The highest BCUT2D eigenvalue weighted by Crippen LogP contribution is 2.32. The first-order valence-corrected chi connectivity index (χ1v) is 5.77. The third kappa shape index (κ3) is 3.59. The lowest BCUT2D eigenvalue weighted by Crippen LogP contribution is -2.52. The van der Waals surface area contributed by atoms with Crippen LogP contribution >= 0.6 is 0 Å². The Hall–Kier alpha value is -0.780. The molecule has 3 nitrogen and oxygen atoms in total. The van der Waals surface area contributed by atoms with Crippen molar-refractivity contribution in [3.8, 4) is 0 Å². The predicted molar refractivity (Wildman–Crippen MR) is 56.6 cm³/mol.